The Morgan fingerprint density at radius 2 is 1.91 bits per heavy atom. The summed E-state index contributed by atoms with van der Waals surface area (Å²) in [6, 6.07) is 0. The molecule has 2 heteroatoms. The maximum absolute atomic E-state index is 6.02. The van der Waals surface area contributed by atoms with Crippen molar-refractivity contribution in [1.29, 1.82) is 0 Å². The quantitative estimate of drug-likeness (QED) is 0.594. The topological polar surface area (TPSA) is 3.24 Å². The van der Waals surface area contributed by atoms with Crippen LogP contribution in [0, 0.1) is 0 Å². The van der Waals surface area contributed by atoms with Crippen molar-refractivity contribution in [2.45, 2.75) is 20.3 Å². The van der Waals surface area contributed by atoms with Crippen LogP contribution in [0.3, 0.4) is 0 Å². The van der Waals surface area contributed by atoms with Crippen LogP contribution in [0.25, 0.3) is 0 Å². The third-order valence-electron chi connectivity index (χ3n) is 1.73. The summed E-state index contributed by atoms with van der Waals surface area (Å²) in [7, 11) is 3.95. The molecule has 0 aliphatic carbocycles. The molecule has 0 aromatic heterocycles. The van der Waals surface area contributed by atoms with Gasteiger partial charge in [0.05, 0.1) is 5.03 Å². The van der Waals surface area contributed by atoms with E-state index in [-0.39, 0.29) is 0 Å². The lowest BCUT2D eigenvalue weighted by molar-refractivity contribution is 0.511. The molecule has 0 unspecified atom stereocenters. The first-order valence-corrected chi connectivity index (χ1v) is 4.10. The highest BCUT2D eigenvalue weighted by Gasteiger charge is 2.02. The maximum atomic E-state index is 6.02. The van der Waals surface area contributed by atoms with Gasteiger partial charge < -0.3 is 4.90 Å². The van der Waals surface area contributed by atoms with Gasteiger partial charge in [0.25, 0.3) is 0 Å². The van der Waals surface area contributed by atoms with E-state index in [1.54, 1.807) is 0 Å². The molecule has 0 saturated heterocycles. The van der Waals surface area contributed by atoms with Crippen molar-refractivity contribution in [3.8, 4) is 0 Å². The highest BCUT2D eigenvalue weighted by atomic mass is 35.5. The summed E-state index contributed by atoms with van der Waals surface area (Å²) >= 11 is 6.02. The van der Waals surface area contributed by atoms with Crippen molar-refractivity contribution < 1.29 is 0 Å². The maximum Gasteiger partial charge on any atom is 0.0620 e. The summed E-state index contributed by atoms with van der Waals surface area (Å²) in [6.07, 6.45) is 0.907. The number of hydrogen-bond donors (Lipinski definition) is 0. The molecule has 0 amide bonds. The second kappa shape index (κ2) is 4.45. The molecule has 0 N–H and O–H groups in total. The Kier molecular flexibility index (Phi) is 4.27. The lowest BCUT2D eigenvalue weighted by Crippen LogP contribution is -2.09. The molecule has 11 heavy (non-hydrogen) atoms. The fourth-order valence-electron chi connectivity index (χ4n) is 0.607. The summed E-state index contributed by atoms with van der Waals surface area (Å²) in [5, 5.41) is 0.789. The minimum Gasteiger partial charge on any atom is -0.380 e. The first kappa shape index (κ1) is 10.6. The van der Waals surface area contributed by atoms with Gasteiger partial charge in [-0.15, -0.1) is 0 Å². The van der Waals surface area contributed by atoms with Crippen LogP contribution in [-0.4, -0.2) is 19.0 Å². The minimum atomic E-state index is 0.789. The molecule has 0 aliphatic rings. The zero-order valence-electron chi connectivity index (χ0n) is 7.74. The number of halogens is 1. The highest BCUT2D eigenvalue weighted by molar-refractivity contribution is 6.32. The smallest absolute Gasteiger partial charge is 0.0620 e. The Hall–Kier alpha value is -0.430. The largest absolute Gasteiger partial charge is 0.380 e. The lowest BCUT2D eigenvalue weighted by Gasteiger charge is -2.15. The van der Waals surface area contributed by atoms with Gasteiger partial charge in [-0.25, -0.2) is 0 Å². The van der Waals surface area contributed by atoms with E-state index in [2.05, 4.69) is 6.58 Å². The van der Waals surface area contributed by atoms with Gasteiger partial charge in [-0.1, -0.05) is 25.1 Å². The van der Waals surface area contributed by atoms with Crippen LogP contribution >= 0.6 is 11.6 Å². The molecule has 1 nitrogen and oxygen atoms in total. The van der Waals surface area contributed by atoms with Crippen molar-refractivity contribution in [1.82, 2.24) is 4.90 Å². The SMILES string of the molecule is C=C(CC)/C(Cl)=C(/C)N(C)C. The van der Waals surface area contributed by atoms with E-state index < -0.39 is 0 Å². The number of allylic oxidation sites excluding steroid dienone is 3. The van der Waals surface area contributed by atoms with Crippen molar-refractivity contribution in [3.05, 3.63) is 22.9 Å². The molecule has 0 aromatic carbocycles. The standard InChI is InChI=1S/C9H16ClN/c1-6-7(2)9(10)8(3)11(4)5/h2,6H2,1,3-5H3/b9-8+. The summed E-state index contributed by atoms with van der Waals surface area (Å²) in [5.74, 6) is 0. The average molecular weight is 174 g/mol. The molecule has 0 spiro atoms. The van der Waals surface area contributed by atoms with Crippen LogP contribution in [0.1, 0.15) is 20.3 Å². The molecule has 0 bridgehead atoms. The van der Waals surface area contributed by atoms with Gasteiger partial charge in [-0.3, -0.25) is 0 Å². The molecular weight excluding hydrogens is 158 g/mol. The molecule has 0 heterocycles. The molecule has 0 saturated carbocycles. The predicted molar refractivity (Wildman–Crippen MR) is 51.7 cm³/mol. The van der Waals surface area contributed by atoms with Gasteiger partial charge in [-0.2, -0.15) is 0 Å². The fourth-order valence-corrected chi connectivity index (χ4v) is 0.910. The zero-order chi connectivity index (χ0) is 9.02. The molecule has 64 valence electrons. The predicted octanol–water partition coefficient (Wildman–Crippen LogP) is 2.98. The first-order valence-electron chi connectivity index (χ1n) is 3.72. The van der Waals surface area contributed by atoms with Crippen LogP contribution in [0.2, 0.25) is 0 Å². The Bertz CT molecular complexity index is 180. The molecule has 0 rings (SSSR count). The van der Waals surface area contributed by atoms with Gasteiger partial charge in [0.2, 0.25) is 0 Å². The molecule has 0 radical (unpaired) electrons. The van der Waals surface area contributed by atoms with E-state index in [4.69, 9.17) is 11.6 Å². The summed E-state index contributed by atoms with van der Waals surface area (Å²) in [4.78, 5) is 1.99. The number of hydrogen-bond acceptors (Lipinski definition) is 1. The molecule has 0 aromatic rings. The van der Waals surface area contributed by atoms with Gasteiger partial charge in [-0.05, 0) is 18.9 Å². The van der Waals surface area contributed by atoms with E-state index in [1.807, 2.05) is 32.8 Å². The van der Waals surface area contributed by atoms with Gasteiger partial charge in [0.15, 0.2) is 0 Å². The summed E-state index contributed by atoms with van der Waals surface area (Å²) in [5.41, 5.74) is 2.07. The molecule has 0 fully saturated rings. The van der Waals surface area contributed by atoms with Crippen LogP contribution in [0.5, 0.6) is 0 Å². The first-order chi connectivity index (χ1) is 5.00. The van der Waals surface area contributed by atoms with Crippen molar-refractivity contribution in [2.24, 2.45) is 0 Å². The molecule has 0 aliphatic heterocycles. The van der Waals surface area contributed by atoms with Gasteiger partial charge in [0.1, 0.15) is 0 Å². The molecular formula is C9H16ClN. The second-order valence-corrected chi connectivity index (χ2v) is 3.13. The Balaban J connectivity index is 4.52. The van der Waals surface area contributed by atoms with Crippen LogP contribution < -0.4 is 0 Å². The van der Waals surface area contributed by atoms with E-state index in [1.165, 1.54) is 0 Å². The second-order valence-electron chi connectivity index (χ2n) is 2.75. The Morgan fingerprint density at radius 3 is 2.18 bits per heavy atom. The van der Waals surface area contributed by atoms with E-state index >= 15 is 0 Å². The van der Waals surface area contributed by atoms with Gasteiger partial charge >= 0.3 is 0 Å². The highest BCUT2D eigenvalue weighted by Crippen LogP contribution is 2.20. The van der Waals surface area contributed by atoms with Crippen molar-refractivity contribution in [3.63, 3.8) is 0 Å². The van der Waals surface area contributed by atoms with Crippen LogP contribution in [-0.2, 0) is 0 Å². The monoisotopic (exact) mass is 173 g/mol. The van der Waals surface area contributed by atoms with Crippen molar-refractivity contribution >= 4 is 11.6 Å². The Labute approximate surface area is 74.3 Å². The minimum absolute atomic E-state index is 0.789. The zero-order valence-corrected chi connectivity index (χ0v) is 8.50. The normalized spacial score (nSPS) is 12.5. The number of nitrogens with zero attached hydrogens (tertiary/aromatic N) is 1. The average Bonchev–Trinajstić information content (AvgIpc) is 2.00. The van der Waals surface area contributed by atoms with Gasteiger partial charge in [0, 0.05) is 19.8 Å². The summed E-state index contributed by atoms with van der Waals surface area (Å²) in [6.45, 7) is 7.90. The van der Waals surface area contributed by atoms with E-state index in [0.29, 0.717) is 0 Å². The van der Waals surface area contributed by atoms with Crippen molar-refractivity contribution in [2.75, 3.05) is 14.1 Å². The van der Waals surface area contributed by atoms with E-state index in [0.717, 1.165) is 22.7 Å². The third kappa shape index (κ3) is 2.98. The van der Waals surface area contributed by atoms with E-state index in [9.17, 15) is 0 Å². The molecule has 0 atom stereocenters. The Morgan fingerprint density at radius 1 is 1.45 bits per heavy atom. The number of rotatable bonds is 3. The fraction of sp³-hybridized carbons (Fsp3) is 0.556. The van der Waals surface area contributed by atoms with Crippen LogP contribution in [0.4, 0.5) is 0 Å². The summed E-state index contributed by atoms with van der Waals surface area (Å²) < 4.78 is 0. The lowest BCUT2D eigenvalue weighted by atomic mass is 10.2. The van der Waals surface area contributed by atoms with Crippen LogP contribution in [0.15, 0.2) is 22.9 Å². The third-order valence-corrected chi connectivity index (χ3v) is 2.27.